The van der Waals surface area contributed by atoms with E-state index in [1.54, 1.807) is 26.5 Å². The van der Waals surface area contributed by atoms with Gasteiger partial charge in [-0.1, -0.05) is 12.1 Å². The molecule has 0 aliphatic carbocycles. The summed E-state index contributed by atoms with van der Waals surface area (Å²) in [6.07, 6.45) is 1.74. The van der Waals surface area contributed by atoms with Gasteiger partial charge in [0.25, 0.3) is 0 Å². The van der Waals surface area contributed by atoms with Crippen LogP contribution in [0.15, 0.2) is 54.7 Å². The summed E-state index contributed by atoms with van der Waals surface area (Å²) in [7, 11) is 3.20. The molecule has 0 aliphatic heterocycles. The van der Waals surface area contributed by atoms with Crippen molar-refractivity contribution >= 4 is 27.2 Å². The van der Waals surface area contributed by atoms with Crippen LogP contribution in [0.4, 0.5) is 0 Å². The van der Waals surface area contributed by atoms with Crippen LogP contribution in [-0.4, -0.2) is 19.3 Å². The van der Waals surface area contributed by atoms with Crippen LogP contribution in [0.25, 0.3) is 27.2 Å². The maximum atomic E-state index is 10.5. The third-order valence-electron chi connectivity index (χ3n) is 4.20. The van der Waals surface area contributed by atoms with E-state index in [0.29, 0.717) is 11.5 Å². The van der Waals surface area contributed by atoms with Crippen LogP contribution < -0.4 is 30.9 Å². The number of rotatable bonds is 2. The zero-order valence-corrected chi connectivity index (χ0v) is 14.9. The summed E-state index contributed by atoms with van der Waals surface area (Å²) in [4.78, 5) is 0. The highest BCUT2D eigenvalue weighted by atomic mass is 79.9. The number of methoxy groups -OCH3 is 2. The molecule has 122 valence electrons. The van der Waals surface area contributed by atoms with Gasteiger partial charge in [-0.15, -0.1) is 0 Å². The molecular weight excluding hydrogens is 370 g/mol. The van der Waals surface area contributed by atoms with Crippen LogP contribution in [0, 0.1) is 0 Å². The number of halogens is 1. The van der Waals surface area contributed by atoms with Crippen molar-refractivity contribution in [2.45, 2.75) is 0 Å². The minimum Gasteiger partial charge on any atom is -1.00 e. The summed E-state index contributed by atoms with van der Waals surface area (Å²) in [5, 5.41) is 13.3. The molecule has 4 aromatic rings. The highest BCUT2D eigenvalue weighted by Gasteiger charge is 2.18. The van der Waals surface area contributed by atoms with Gasteiger partial charge in [0.15, 0.2) is 17.2 Å². The first kappa shape index (κ1) is 16.3. The Morgan fingerprint density at radius 3 is 2.21 bits per heavy atom. The molecule has 0 spiro atoms. The Labute approximate surface area is 149 Å². The predicted molar refractivity (Wildman–Crippen MR) is 89.4 cm³/mol. The number of pyridine rings is 2. The van der Waals surface area contributed by atoms with Gasteiger partial charge in [-0.3, -0.25) is 0 Å². The molecule has 4 nitrogen and oxygen atoms in total. The molecule has 0 radical (unpaired) electrons. The second kappa shape index (κ2) is 6.17. The van der Waals surface area contributed by atoms with Crippen molar-refractivity contribution in [2.75, 3.05) is 14.2 Å². The lowest BCUT2D eigenvalue weighted by atomic mass is 10.1. The fourth-order valence-electron chi connectivity index (χ4n) is 3.08. The van der Waals surface area contributed by atoms with E-state index in [2.05, 4.69) is 18.2 Å². The monoisotopic (exact) mass is 385 g/mol. The number of para-hydroxylation sites is 1. The topological polar surface area (TPSA) is 42.8 Å². The van der Waals surface area contributed by atoms with Gasteiger partial charge in [-0.25, -0.2) is 0 Å². The molecule has 0 atom stereocenters. The lowest BCUT2D eigenvalue weighted by Crippen LogP contribution is -3.00. The highest BCUT2D eigenvalue weighted by molar-refractivity contribution is 6.00. The molecule has 0 saturated heterocycles. The van der Waals surface area contributed by atoms with Gasteiger partial charge in [0.2, 0.25) is 17.2 Å². The van der Waals surface area contributed by atoms with E-state index in [9.17, 15) is 5.11 Å². The number of benzene rings is 2. The highest BCUT2D eigenvalue weighted by Crippen LogP contribution is 2.37. The molecule has 2 aromatic carbocycles. The number of ether oxygens (including phenoxy) is 2. The van der Waals surface area contributed by atoms with Gasteiger partial charge in [-0.2, -0.15) is 4.40 Å². The molecule has 5 heteroatoms. The second-order valence-corrected chi connectivity index (χ2v) is 5.41. The van der Waals surface area contributed by atoms with E-state index >= 15 is 0 Å². The van der Waals surface area contributed by atoms with Crippen molar-refractivity contribution < 1.29 is 36.0 Å². The molecule has 2 heterocycles. The fourth-order valence-corrected chi connectivity index (χ4v) is 3.08. The summed E-state index contributed by atoms with van der Waals surface area (Å²) in [6, 6.07) is 15.9. The number of nitrogens with zero attached hydrogens (tertiary/aromatic N) is 1. The third-order valence-corrected chi connectivity index (χ3v) is 4.20. The predicted octanol–water partition coefficient (Wildman–Crippen LogP) is 0.459. The molecule has 0 aliphatic rings. The molecule has 2 aromatic heterocycles. The molecule has 0 fully saturated rings. The maximum absolute atomic E-state index is 10.5. The summed E-state index contributed by atoms with van der Waals surface area (Å²) >= 11 is 0. The van der Waals surface area contributed by atoms with E-state index in [1.165, 1.54) is 0 Å². The summed E-state index contributed by atoms with van der Waals surface area (Å²) in [5.74, 6) is 1.44. The van der Waals surface area contributed by atoms with E-state index in [4.69, 9.17) is 9.47 Å². The lowest BCUT2D eigenvalue weighted by molar-refractivity contribution is -0.481. The Kier molecular flexibility index (Phi) is 4.20. The van der Waals surface area contributed by atoms with Crippen molar-refractivity contribution in [1.82, 2.24) is 0 Å². The second-order valence-electron chi connectivity index (χ2n) is 5.41. The van der Waals surface area contributed by atoms with E-state index < -0.39 is 0 Å². The van der Waals surface area contributed by atoms with E-state index in [0.717, 1.165) is 27.2 Å². The Morgan fingerprint density at radius 2 is 1.50 bits per heavy atom. The molecule has 4 rings (SSSR count). The quantitative estimate of drug-likeness (QED) is 0.402. The molecule has 1 N–H and O–H groups in total. The van der Waals surface area contributed by atoms with Crippen LogP contribution in [0.3, 0.4) is 0 Å². The Bertz CT molecular complexity index is 1060. The Morgan fingerprint density at radius 1 is 0.833 bits per heavy atom. The van der Waals surface area contributed by atoms with Crippen molar-refractivity contribution in [2.24, 2.45) is 0 Å². The van der Waals surface area contributed by atoms with Gasteiger partial charge >= 0.3 is 0 Å². The average Bonchev–Trinajstić information content (AvgIpc) is 2.60. The van der Waals surface area contributed by atoms with E-state index in [1.807, 2.05) is 28.7 Å². The molecular formula is C19H16BrNO3. The van der Waals surface area contributed by atoms with Gasteiger partial charge in [0.1, 0.15) is 0 Å². The van der Waals surface area contributed by atoms with Gasteiger partial charge < -0.3 is 31.6 Å². The molecule has 24 heavy (non-hydrogen) atoms. The first-order valence-electron chi connectivity index (χ1n) is 7.34. The lowest BCUT2D eigenvalue weighted by Gasteiger charge is -2.10. The molecule has 0 amide bonds. The number of aromatic nitrogens is 1. The van der Waals surface area contributed by atoms with Crippen LogP contribution in [0.2, 0.25) is 0 Å². The summed E-state index contributed by atoms with van der Waals surface area (Å²) in [5.41, 5.74) is 2.04. The van der Waals surface area contributed by atoms with Crippen molar-refractivity contribution in [3.05, 3.63) is 54.7 Å². The maximum Gasteiger partial charge on any atom is 0.219 e. The third kappa shape index (κ3) is 2.32. The van der Waals surface area contributed by atoms with Crippen molar-refractivity contribution in [1.29, 1.82) is 0 Å². The van der Waals surface area contributed by atoms with Crippen molar-refractivity contribution in [3.8, 4) is 17.2 Å². The van der Waals surface area contributed by atoms with Crippen LogP contribution in [0.1, 0.15) is 0 Å². The van der Waals surface area contributed by atoms with Crippen LogP contribution >= 0.6 is 0 Å². The number of hydrogen-bond donors (Lipinski definition) is 1. The Balaban J connectivity index is 0.00000169. The van der Waals surface area contributed by atoms with Crippen LogP contribution in [-0.2, 0) is 0 Å². The number of fused-ring (bicyclic) bond motifs is 5. The first-order valence-corrected chi connectivity index (χ1v) is 7.34. The zero-order valence-electron chi connectivity index (χ0n) is 13.3. The van der Waals surface area contributed by atoms with E-state index in [-0.39, 0.29) is 22.7 Å². The summed E-state index contributed by atoms with van der Waals surface area (Å²) in [6.45, 7) is 0. The Hall–Kier alpha value is -2.53. The van der Waals surface area contributed by atoms with Crippen molar-refractivity contribution in [3.63, 3.8) is 0 Å². The SMILES string of the molecule is COc1cc2c(O)c[n+]3c4ccccc4ccc3c2cc1OC.[Br-]. The average molecular weight is 386 g/mol. The van der Waals surface area contributed by atoms with Gasteiger partial charge in [0.05, 0.1) is 19.6 Å². The number of hydrogen-bond acceptors (Lipinski definition) is 3. The normalized spacial score (nSPS) is 10.8. The number of aromatic hydroxyl groups is 1. The molecule has 0 saturated carbocycles. The minimum absolute atomic E-state index is 0. The summed E-state index contributed by atoms with van der Waals surface area (Å²) < 4.78 is 12.7. The molecule has 0 unspecified atom stereocenters. The fraction of sp³-hybridized carbons (Fsp3) is 0.105. The minimum atomic E-state index is 0. The smallest absolute Gasteiger partial charge is 0.219 e. The van der Waals surface area contributed by atoms with Crippen LogP contribution in [0.5, 0.6) is 17.2 Å². The zero-order chi connectivity index (χ0) is 16.0. The first-order chi connectivity index (χ1) is 11.2. The largest absolute Gasteiger partial charge is 1.00 e. The van der Waals surface area contributed by atoms with Gasteiger partial charge in [0, 0.05) is 22.9 Å². The van der Waals surface area contributed by atoms with Gasteiger partial charge in [-0.05, 0) is 24.3 Å². The molecule has 0 bridgehead atoms. The standard InChI is InChI=1S/C19H15NO3.BrH/c1-22-18-9-13-14(10-19(18)23-2)17(21)11-20-15-6-4-3-5-12(15)7-8-16(13)20;/h3-11H,1-2H3;1H.